The van der Waals surface area contributed by atoms with Gasteiger partial charge in [-0.3, -0.25) is 0 Å². The summed E-state index contributed by atoms with van der Waals surface area (Å²) >= 11 is 4.81. The van der Waals surface area contributed by atoms with Crippen molar-refractivity contribution < 1.29 is 0 Å². The van der Waals surface area contributed by atoms with Gasteiger partial charge in [0.2, 0.25) is 0 Å². The van der Waals surface area contributed by atoms with Crippen LogP contribution < -0.4 is 11.1 Å². The predicted octanol–water partition coefficient (Wildman–Crippen LogP) is 0.412. The summed E-state index contributed by atoms with van der Waals surface area (Å²) in [6.45, 7) is 1.97. The second-order valence-corrected chi connectivity index (χ2v) is 4.26. The van der Waals surface area contributed by atoms with Crippen LogP contribution in [0.15, 0.2) is 18.7 Å². The Kier molecular flexibility index (Phi) is 3.47. The number of anilines is 1. The Labute approximate surface area is 109 Å². The van der Waals surface area contributed by atoms with Crippen LogP contribution in [0, 0.1) is 0 Å². The van der Waals surface area contributed by atoms with Crippen molar-refractivity contribution in [3.8, 4) is 0 Å². The lowest BCUT2D eigenvalue weighted by Crippen LogP contribution is -2.15. The molecular formula is C10H13N7S. The lowest BCUT2D eigenvalue weighted by atomic mass is 10.3. The van der Waals surface area contributed by atoms with Crippen LogP contribution in [-0.2, 0) is 7.05 Å². The summed E-state index contributed by atoms with van der Waals surface area (Å²) in [7, 11) is 1.88. The number of nitrogens with zero attached hydrogens (tertiary/aromatic N) is 5. The van der Waals surface area contributed by atoms with Crippen molar-refractivity contribution in [2.75, 3.05) is 5.32 Å². The summed E-state index contributed by atoms with van der Waals surface area (Å²) in [5, 5.41) is 11.0. The third-order valence-corrected chi connectivity index (χ3v) is 2.61. The fraction of sp³-hybridized carbons (Fsp3) is 0.300. The Morgan fingerprint density at radius 1 is 1.44 bits per heavy atom. The van der Waals surface area contributed by atoms with Crippen molar-refractivity contribution in [1.29, 1.82) is 0 Å². The molecule has 0 spiro atoms. The van der Waals surface area contributed by atoms with E-state index < -0.39 is 0 Å². The van der Waals surface area contributed by atoms with Crippen LogP contribution >= 0.6 is 12.2 Å². The molecule has 0 saturated carbocycles. The first-order valence-electron chi connectivity index (χ1n) is 5.30. The van der Waals surface area contributed by atoms with Crippen LogP contribution in [-0.4, -0.2) is 29.7 Å². The first kappa shape index (κ1) is 12.4. The van der Waals surface area contributed by atoms with Crippen LogP contribution in [0.2, 0.25) is 0 Å². The molecule has 2 aromatic heterocycles. The van der Waals surface area contributed by atoms with E-state index in [0.29, 0.717) is 11.5 Å². The molecule has 0 aliphatic heterocycles. The molecule has 0 radical (unpaired) electrons. The maximum Gasteiger partial charge on any atom is 0.154 e. The highest BCUT2D eigenvalue weighted by atomic mass is 32.1. The maximum atomic E-state index is 5.45. The summed E-state index contributed by atoms with van der Waals surface area (Å²) in [5.74, 6) is 1.45. The molecule has 0 bridgehead atoms. The van der Waals surface area contributed by atoms with Crippen LogP contribution in [0.5, 0.6) is 0 Å². The van der Waals surface area contributed by atoms with Gasteiger partial charge in [-0.05, 0) is 6.92 Å². The average Bonchev–Trinajstić information content (AvgIpc) is 2.76. The smallest absolute Gasteiger partial charge is 0.154 e. The Hall–Kier alpha value is -2.09. The molecule has 94 valence electrons. The molecule has 0 aliphatic rings. The minimum atomic E-state index is -0.0255. The van der Waals surface area contributed by atoms with Gasteiger partial charge < -0.3 is 15.6 Å². The molecule has 0 aromatic carbocycles. The van der Waals surface area contributed by atoms with Crippen LogP contribution in [0.4, 0.5) is 5.82 Å². The number of hydrogen-bond donors (Lipinski definition) is 2. The van der Waals surface area contributed by atoms with Crippen LogP contribution in [0.1, 0.15) is 24.5 Å². The van der Waals surface area contributed by atoms with E-state index in [2.05, 4.69) is 25.5 Å². The summed E-state index contributed by atoms with van der Waals surface area (Å²) in [6.07, 6.45) is 4.77. The number of nitrogens with one attached hydrogen (secondary N) is 1. The second-order valence-electron chi connectivity index (χ2n) is 3.82. The van der Waals surface area contributed by atoms with E-state index in [-0.39, 0.29) is 11.0 Å². The Morgan fingerprint density at radius 2 is 2.22 bits per heavy atom. The highest BCUT2D eigenvalue weighted by molar-refractivity contribution is 7.80. The number of aryl methyl sites for hydroxylation is 1. The SMILES string of the molecule is CC(Nc1cnc(C(N)=S)cn1)c1nncn1C. The van der Waals surface area contributed by atoms with Gasteiger partial charge in [0.05, 0.1) is 18.4 Å². The molecule has 7 nitrogen and oxygen atoms in total. The Balaban J connectivity index is 2.10. The van der Waals surface area contributed by atoms with Gasteiger partial charge in [-0.15, -0.1) is 10.2 Å². The molecule has 3 N–H and O–H groups in total. The zero-order valence-electron chi connectivity index (χ0n) is 10.0. The van der Waals surface area contributed by atoms with Crippen molar-refractivity contribution >= 4 is 23.0 Å². The van der Waals surface area contributed by atoms with Gasteiger partial charge >= 0.3 is 0 Å². The summed E-state index contributed by atoms with van der Waals surface area (Å²) in [4.78, 5) is 8.51. The van der Waals surface area contributed by atoms with E-state index in [0.717, 1.165) is 5.82 Å². The first-order valence-corrected chi connectivity index (χ1v) is 5.71. The van der Waals surface area contributed by atoms with Crippen molar-refractivity contribution in [3.63, 3.8) is 0 Å². The number of nitrogens with two attached hydrogens (primary N) is 1. The Morgan fingerprint density at radius 3 is 2.72 bits per heavy atom. The van der Waals surface area contributed by atoms with Gasteiger partial charge in [-0.1, -0.05) is 12.2 Å². The van der Waals surface area contributed by atoms with E-state index in [1.807, 2.05) is 18.5 Å². The second kappa shape index (κ2) is 5.05. The average molecular weight is 263 g/mol. The molecule has 1 unspecified atom stereocenters. The number of hydrogen-bond acceptors (Lipinski definition) is 6. The molecule has 0 amide bonds. The zero-order chi connectivity index (χ0) is 13.1. The van der Waals surface area contributed by atoms with E-state index in [4.69, 9.17) is 18.0 Å². The van der Waals surface area contributed by atoms with Crippen molar-refractivity contribution in [2.24, 2.45) is 12.8 Å². The van der Waals surface area contributed by atoms with Gasteiger partial charge in [0.15, 0.2) is 5.82 Å². The van der Waals surface area contributed by atoms with Gasteiger partial charge in [-0.25, -0.2) is 9.97 Å². The van der Waals surface area contributed by atoms with Crippen LogP contribution in [0.25, 0.3) is 0 Å². The summed E-state index contributed by atoms with van der Waals surface area (Å²) < 4.78 is 1.84. The van der Waals surface area contributed by atoms with Crippen molar-refractivity contribution in [2.45, 2.75) is 13.0 Å². The third-order valence-electron chi connectivity index (χ3n) is 2.40. The molecule has 2 aromatic rings. The fourth-order valence-corrected chi connectivity index (χ4v) is 1.61. The zero-order valence-corrected chi connectivity index (χ0v) is 10.8. The summed E-state index contributed by atoms with van der Waals surface area (Å²) in [5.41, 5.74) is 5.95. The molecule has 0 aliphatic carbocycles. The number of aromatic nitrogens is 5. The minimum Gasteiger partial charge on any atom is -0.388 e. The first-order chi connectivity index (χ1) is 8.58. The highest BCUT2D eigenvalue weighted by Crippen LogP contribution is 2.14. The number of thiocarbonyl (C=S) groups is 1. The third kappa shape index (κ3) is 2.59. The number of rotatable bonds is 4. The molecule has 18 heavy (non-hydrogen) atoms. The van der Waals surface area contributed by atoms with E-state index in [1.165, 1.54) is 6.20 Å². The highest BCUT2D eigenvalue weighted by Gasteiger charge is 2.11. The normalized spacial score (nSPS) is 12.1. The van der Waals surface area contributed by atoms with E-state index in [1.54, 1.807) is 12.5 Å². The van der Waals surface area contributed by atoms with Gasteiger partial charge in [0.25, 0.3) is 0 Å². The topological polar surface area (TPSA) is 94.5 Å². The Bertz CT molecular complexity index is 548. The molecule has 0 fully saturated rings. The molecule has 2 heterocycles. The lowest BCUT2D eigenvalue weighted by Gasteiger charge is -2.13. The fourth-order valence-electron chi connectivity index (χ4n) is 1.50. The van der Waals surface area contributed by atoms with E-state index in [9.17, 15) is 0 Å². The van der Waals surface area contributed by atoms with Crippen LogP contribution in [0.3, 0.4) is 0 Å². The standard InChI is InChI=1S/C10H13N7S/c1-6(10-16-14-5-17(10)2)15-8-4-12-7(3-13-8)9(11)18/h3-6H,1-2H3,(H2,11,18)(H,13,15). The van der Waals surface area contributed by atoms with Gasteiger partial charge in [-0.2, -0.15) is 0 Å². The molecule has 0 saturated heterocycles. The van der Waals surface area contributed by atoms with E-state index >= 15 is 0 Å². The largest absolute Gasteiger partial charge is 0.388 e. The van der Waals surface area contributed by atoms with Crippen molar-refractivity contribution in [3.05, 3.63) is 30.2 Å². The molecule has 8 heteroatoms. The molecule has 1 atom stereocenters. The molecular weight excluding hydrogens is 250 g/mol. The predicted molar refractivity (Wildman–Crippen MR) is 71.0 cm³/mol. The van der Waals surface area contributed by atoms with Gasteiger partial charge in [0.1, 0.15) is 22.8 Å². The van der Waals surface area contributed by atoms with Crippen molar-refractivity contribution in [1.82, 2.24) is 24.7 Å². The molecule has 2 rings (SSSR count). The van der Waals surface area contributed by atoms with Gasteiger partial charge in [0, 0.05) is 7.05 Å². The minimum absolute atomic E-state index is 0.0255. The monoisotopic (exact) mass is 263 g/mol. The lowest BCUT2D eigenvalue weighted by molar-refractivity contribution is 0.716. The maximum absolute atomic E-state index is 5.45. The quantitative estimate of drug-likeness (QED) is 0.771. The summed E-state index contributed by atoms with van der Waals surface area (Å²) in [6, 6.07) is -0.0255.